The maximum atomic E-state index is 13.3. The van der Waals surface area contributed by atoms with Crippen molar-refractivity contribution in [1.82, 2.24) is 4.98 Å². The van der Waals surface area contributed by atoms with Gasteiger partial charge in [-0.3, -0.25) is 9.78 Å². The van der Waals surface area contributed by atoms with E-state index in [1.807, 2.05) is 12.1 Å². The molecule has 1 unspecified atom stereocenters. The van der Waals surface area contributed by atoms with Gasteiger partial charge in [-0.05, 0) is 42.7 Å². The number of hydrogen-bond donors (Lipinski definition) is 0. The lowest BCUT2D eigenvalue weighted by molar-refractivity contribution is 0.0957. The fourth-order valence-corrected chi connectivity index (χ4v) is 2.98. The van der Waals surface area contributed by atoms with Crippen LogP contribution in [0.15, 0.2) is 41.0 Å². The number of benzene rings is 1. The van der Waals surface area contributed by atoms with Crippen molar-refractivity contribution >= 4 is 21.7 Å². The van der Waals surface area contributed by atoms with Crippen LogP contribution < -0.4 is 0 Å². The minimum atomic E-state index is -0.397. The number of rotatable bonds is 2. The first-order valence-electron chi connectivity index (χ1n) is 6.10. The second-order valence-corrected chi connectivity index (χ2v) is 5.48. The molecule has 1 aromatic carbocycles. The van der Waals surface area contributed by atoms with Gasteiger partial charge >= 0.3 is 0 Å². The van der Waals surface area contributed by atoms with Crippen molar-refractivity contribution in [3.05, 3.63) is 63.6 Å². The number of hydrogen-bond acceptors (Lipinski definition) is 2. The van der Waals surface area contributed by atoms with Crippen molar-refractivity contribution in [1.29, 1.82) is 0 Å². The summed E-state index contributed by atoms with van der Waals surface area (Å²) in [7, 11) is 0. The van der Waals surface area contributed by atoms with E-state index < -0.39 is 5.82 Å². The number of aromatic nitrogens is 1. The molecule has 3 rings (SSSR count). The van der Waals surface area contributed by atoms with E-state index in [1.54, 1.807) is 12.3 Å². The molecule has 0 radical (unpaired) electrons. The average molecular weight is 320 g/mol. The molecule has 0 aliphatic heterocycles. The number of carbonyl (C=O) groups excluding carboxylic acids is 1. The Bertz CT molecular complexity index is 656. The molecule has 0 bridgehead atoms. The summed E-state index contributed by atoms with van der Waals surface area (Å²) in [6, 6.07) is 8.06. The highest BCUT2D eigenvalue weighted by Gasteiger charge is 2.31. The summed E-state index contributed by atoms with van der Waals surface area (Å²) in [6.07, 6.45) is 3.30. The molecule has 0 N–H and O–H groups in total. The monoisotopic (exact) mass is 319 g/mol. The normalized spacial score (nSPS) is 17.3. The Morgan fingerprint density at radius 3 is 3.05 bits per heavy atom. The minimum Gasteiger partial charge on any atom is -0.293 e. The molecule has 1 aromatic heterocycles. The van der Waals surface area contributed by atoms with Gasteiger partial charge in [0.2, 0.25) is 0 Å². The van der Waals surface area contributed by atoms with Crippen LogP contribution in [-0.4, -0.2) is 10.8 Å². The lowest BCUT2D eigenvalue weighted by Gasteiger charge is -2.11. The van der Waals surface area contributed by atoms with E-state index in [9.17, 15) is 9.18 Å². The number of ketones is 1. The Morgan fingerprint density at radius 2 is 2.21 bits per heavy atom. The molecule has 4 heteroatoms. The highest BCUT2D eigenvalue weighted by atomic mass is 79.9. The van der Waals surface area contributed by atoms with Gasteiger partial charge in [0.1, 0.15) is 5.82 Å². The van der Waals surface area contributed by atoms with Crippen molar-refractivity contribution in [3.63, 3.8) is 0 Å². The van der Waals surface area contributed by atoms with Gasteiger partial charge in [0.05, 0.1) is 11.6 Å². The van der Waals surface area contributed by atoms with Gasteiger partial charge in [-0.25, -0.2) is 4.39 Å². The second-order valence-electron chi connectivity index (χ2n) is 4.63. The van der Waals surface area contributed by atoms with E-state index in [-0.39, 0.29) is 11.7 Å². The molecule has 0 spiro atoms. The summed E-state index contributed by atoms with van der Waals surface area (Å²) in [5.74, 6) is -0.719. The van der Waals surface area contributed by atoms with Crippen LogP contribution in [0.25, 0.3) is 0 Å². The van der Waals surface area contributed by atoms with E-state index in [4.69, 9.17) is 0 Å². The SMILES string of the molecule is O=C(c1cc(F)ccc1Br)C1CCc2cccnc21. The second kappa shape index (κ2) is 4.85. The number of Topliss-reactive ketones (excluding diaryl/α,β-unsaturated/α-hetero) is 1. The number of aryl methyl sites for hydroxylation is 1. The molecular formula is C15H11BrFNO. The minimum absolute atomic E-state index is 0.0659. The zero-order valence-electron chi connectivity index (χ0n) is 10.1. The predicted molar refractivity (Wildman–Crippen MR) is 73.7 cm³/mol. The molecule has 0 amide bonds. The van der Waals surface area contributed by atoms with Crippen LogP contribution >= 0.6 is 15.9 Å². The molecule has 96 valence electrons. The van der Waals surface area contributed by atoms with Gasteiger partial charge in [-0.15, -0.1) is 0 Å². The zero-order chi connectivity index (χ0) is 13.4. The highest BCUT2D eigenvalue weighted by molar-refractivity contribution is 9.10. The van der Waals surface area contributed by atoms with Gasteiger partial charge in [-0.1, -0.05) is 22.0 Å². The van der Waals surface area contributed by atoms with Crippen molar-refractivity contribution in [2.75, 3.05) is 0 Å². The van der Waals surface area contributed by atoms with E-state index in [0.717, 1.165) is 24.1 Å². The van der Waals surface area contributed by atoms with Crippen LogP contribution in [0.3, 0.4) is 0 Å². The number of fused-ring (bicyclic) bond motifs is 1. The summed E-state index contributed by atoms with van der Waals surface area (Å²) in [5, 5.41) is 0. The Hall–Kier alpha value is -1.55. The number of nitrogens with zero attached hydrogens (tertiary/aromatic N) is 1. The first-order valence-corrected chi connectivity index (χ1v) is 6.89. The third-order valence-electron chi connectivity index (χ3n) is 3.47. The van der Waals surface area contributed by atoms with Crippen LogP contribution in [0.5, 0.6) is 0 Å². The first kappa shape index (κ1) is 12.5. The molecule has 0 saturated heterocycles. The van der Waals surface area contributed by atoms with Crippen LogP contribution in [-0.2, 0) is 6.42 Å². The Labute approximate surface area is 118 Å². The van der Waals surface area contributed by atoms with Gasteiger partial charge in [0, 0.05) is 16.2 Å². The Kier molecular flexibility index (Phi) is 3.19. The molecule has 1 atom stereocenters. The molecule has 0 fully saturated rings. The average Bonchev–Trinajstić information content (AvgIpc) is 2.84. The standard InChI is InChI=1S/C15H11BrFNO/c16-13-6-4-10(17)8-12(13)15(19)11-5-3-9-2-1-7-18-14(9)11/h1-2,4,6-8,11H,3,5H2. The van der Waals surface area contributed by atoms with Crippen LogP contribution in [0.2, 0.25) is 0 Å². The third kappa shape index (κ3) is 2.21. The molecule has 0 saturated carbocycles. The maximum absolute atomic E-state index is 13.3. The van der Waals surface area contributed by atoms with E-state index in [2.05, 4.69) is 20.9 Å². The lowest BCUT2D eigenvalue weighted by Crippen LogP contribution is -2.12. The first-order chi connectivity index (χ1) is 9.16. The van der Waals surface area contributed by atoms with Crippen LogP contribution in [0, 0.1) is 5.82 Å². The van der Waals surface area contributed by atoms with E-state index >= 15 is 0 Å². The lowest BCUT2D eigenvalue weighted by atomic mass is 9.95. The number of halogens is 2. The highest BCUT2D eigenvalue weighted by Crippen LogP contribution is 2.35. The smallest absolute Gasteiger partial charge is 0.173 e. The topological polar surface area (TPSA) is 30.0 Å². The van der Waals surface area contributed by atoms with E-state index in [0.29, 0.717) is 10.0 Å². The van der Waals surface area contributed by atoms with Crippen LogP contribution in [0.4, 0.5) is 4.39 Å². The van der Waals surface area contributed by atoms with Crippen molar-refractivity contribution < 1.29 is 9.18 Å². The number of pyridine rings is 1. The number of carbonyl (C=O) groups is 1. The van der Waals surface area contributed by atoms with Gasteiger partial charge in [-0.2, -0.15) is 0 Å². The molecule has 19 heavy (non-hydrogen) atoms. The molecular weight excluding hydrogens is 309 g/mol. The van der Waals surface area contributed by atoms with Crippen LogP contribution in [0.1, 0.15) is 34.0 Å². The predicted octanol–water partition coefficient (Wildman–Crippen LogP) is 3.90. The zero-order valence-corrected chi connectivity index (χ0v) is 11.7. The van der Waals surface area contributed by atoms with Gasteiger partial charge < -0.3 is 0 Å². The summed E-state index contributed by atoms with van der Waals surface area (Å²) in [6.45, 7) is 0. The largest absolute Gasteiger partial charge is 0.293 e. The quantitative estimate of drug-likeness (QED) is 0.786. The Morgan fingerprint density at radius 1 is 1.37 bits per heavy atom. The van der Waals surface area contributed by atoms with Crippen molar-refractivity contribution in [2.24, 2.45) is 0 Å². The van der Waals surface area contributed by atoms with Crippen molar-refractivity contribution in [3.8, 4) is 0 Å². The maximum Gasteiger partial charge on any atom is 0.173 e. The summed E-state index contributed by atoms with van der Waals surface area (Å²) in [4.78, 5) is 16.9. The molecule has 1 heterocycles. The molecule has 2 aromatic rings. The summed E-state index contributed by atoms with van der Waals surface area (Å²) < 4.78 is 13.9. The molecule has 1 aliphatic rings. The fraction of sp³-hybridized carbons (Fsp3) is 0.200. The molecule has 1 aliphatic carbocycles. The summed E-state index contributed by atoms with van der Waals surface area (Å²) >= 11 is 3.31. The van der Waals surface area contributed by atoms with Crippen molar-refractivity contribution in [2.45, 2.75) is 18.8 Å². The summed E-state index contributed by atoms with van der Waals surface area (Å²) in [5.41, 5.74) is 2.35. The fourth-order valence-electron chi connectivity index (χ4n) is 2.54. The third-order valence-corrected chi connectivity index (χ3v) is 4.16. The van der Waals surface area contributed by atoms with E-state index in [1.165, 1.54) is 12.1 Å². The van der Waals surface area contributed by atoms with Gasteiger partial charge in [0.25, 0.3) is 0 Å². The van der Waals surface area contributed by atoms with Gasteiger partial charge in [0.15, 0.2) is 5.78 Å². The Balaban J connectivity index is 2.00. The molecule has 2 nitrogen and oxygen atoms in total.